The maximum atomic E-state index is 14.5. The Labute approximate surface area is 210 Å². The zero-order valence-electron chi connectivity index (χ0n) is 18.1. The minimum Gasteiger partial charge on any atom is -0.360 e. The van der Waals surface area contributed by atoms with Gasteiger partial charge in [-0.1, -0.05) is 23.2 Å². The van der Waals surface area contributed by atoms with E-state index >= 15 is 0 Å². The third kappa shape index (κ3) is 4.61. The van der Waals surface area contributed by atoms with Crippen LogP contribution in [0.2, 0.25) is 10.0 Å². The van der Waals surface area contributed by atoms with Crippen LogP contribution in [0.15, 0.2) is 48.9 Å². The molecule has 0 saturated carbocycles. The van der Waals surface area contributed by atoms with Crippen molar-refractivity contribution >= 4 is 50.9 Å². The second kappa shape index (κ2) is 9.44. The molecule has 5 aromatic rings. The maximum absolute atomic E-state index is 14.5. The first-order chi connectivity index (χ1) is 17.2. The summed E-state index contributed by atoms with van der Waals surface area (Å²) < 4.78 is 57.3. The highest BCUT2D eigenvalue weighted by Crippen LogP contribution is 2.27. The van der Waals surface area contributed by atoms with Gasteiger partial charge in [-0.05, 0) is 35.9 Å². The van der Waals surface area contributed by atoms with Gasteiger partial charge in [-0.3, -0.25) is 14.5 Å². The molecular weight excluding hydrogens is 521 g/mol. The van der Waals surface area contributed by atoms with Crippen LogP contribution >= 0.6 is 23.2 Å². The van der Waals surface area contributed by atoms with E-state index < -0.39 is 29.7 Å². The highest BCUT2D eigenvalue weighted by molar-refractivity contribution is 6.35. The normalized spacial score (nSPS) is 11.6. The summed E-state index contributed by atoms with van der Waals surface area (Å²) in [5, 5.41) is 7.94. The number of fused-ring (bicyclic) bond motifs is 2. The summed E-state index contributed by atoms with van der Waals surface area (Å²) in [5.74, 6) is -2.07. The van der Waals surface area contributed by atoms with Crippen molar-refractivity contribution in [3.05, 3.63) is 93.0 Å². The smallest absolute Gasteiger partial charge is 0.282 e. The van der Waals surface area contributed by atoms with Gasteiger partial charge in [-0.2, -0.15) is 5.10 Å². The average molecular weight is 536 g/mol. The Balaban J connectivity index is 1.39. The molecule has 0 aliphatic carbocycles. The first kappa shape index (κ1) is 24.1. The maximum Gasteiger partial charge on any atom is 0.282 e. The molecule has 12 heteroatoms. The molecule has 2 N–H and O–H groups in total. The number of nitrogens with one attached hydrogen (secondary N) is 2. The SMILES string of the molecule is O=C(NCc1cc2c(Cl)c[nH]c2cc1F)c1cn(Cc2cc(F)c3ncc(Cl)cc3c2)nc1C(F)F. The van der Waals surface area contributed by atoms with E-state index in [1.54, 1.807) is 6.07 Å². The van der Waals surface area contributed by atoms with Crippen LogP contribution < -0.4 is 5.32 Å². The molecule has 0 aliphatic rings. The topological polar surface area (TPSA) is 75.6 Å². The quantitative estimate of drug-likeness (QED) is 0.246. The molecule has 0 radical (unpaired) electrons. The number of alkyl halides is 2. The molecular formula is C24H15Cl2F4N5O. The van der Waals surface area contributed by atoms with Crippen molar-refractivity contribution in [1.82, 2.24) is 25.1 Å². The summed E-state index contributed by atoms with van der Waals surface area (Å²) in [6.45, 7) is -0.358. The summed E-state index contributed by atoms with van der Waals surface area (Å²) in [6, 6.07) is 7.04. The lowest BCUT2D eigenvalue weighted by molar-refractivity contribution is 0.0936. The largest absolute Gasteiger partial charge is 0.360 e. The average Bonchev–Trinajstić information content (AvgIpc) is 3.40. The molecule has 6 nitrogen and oxygen atoms in total. The van der Waals surface area contributed by atoms with Crippen LogP contribution in [0.1, 0.15) is 33.6 Å². The molecule has 0 fully saturated rings. The summed E-state index contributed by atoms with van der Waals surface area (Å²) in [6.07, 6.45) is 0.910. The highest BCUT2D eigenvalue weighted by atomic mass is 35.5. The number of halogens is 6. The molecule has 5 rings (SSSR count). The van der Waals surface area contributed by atoms with Crippen molar-refractivity contribution in [2.45, 2.75) is 19.5 Å². The monoisotopic (exact) mass is 535 g/mol. The molecule has 3 aromatic heterocycles. The number of aromatic amines is 1. The summed E-state index contributed by atoms with van der Waals surface area (Å²) in [5.41, 5.74) is 0.000807. The molecule has 36 heavy (non-hydrogen) atoms. The van der Waals surface area contributed by atoms with Gasteiger partial charge in [-0.25, -0.2) is 17.6 Å². The number of amides is 1. The Hall–Kier alpha value is -3.63. The predicted molar refractivity (Wildman–Crippen MR) is 127 cm³/mol. The zero-order chi connectivity index (χ0) is 25.6. The van der Waals surface area contributed by atoms with Gasteiger partial charge in [0.2, 0.25) is 0 Å². The van der Waals surface area contributed by atoms with Crippen LogP contribution in [0, 0.1) is 11.6 Å². The van der Waals surface area contributed by atoms with Crippen LogP contribution in [0.3, 0.4) is 0 Å². The first-order valence-corrected chi connectivity index (χ1v) is 11.3. The van der Waals surface area contributed by atoms with E-state index in [2.05, 4.69) is 20.4 Å². The third-order valence-electron chi connectivity index (χ3n) is 5.59. The molecule has 3 heterocycles. The summed E-state index contributed by atoms with van der Waals surface area (Å²) >= 11 is 12.0. The lowest BCUT2D eigenvalue weighted by Crippen LogP contribution is -2.24. The van der Waals surface area contributed by atoms with Gasteiger partial charge >= 0.3 is 0 Å². The lowest BCUT2D eigenvalue weighted by Gasteiger charge is -2.07. The van der Waals surface area contributed by atoms with Gasteiger partial charge in [0.15, 0.2) is 0 Å². The fraction of sp³-hybridized carbons (Fsp3) is 0.125. The van der Waals surface area contributed by atoms with Crippen molar-refractivity contribution in [3.63, 3.8) is 0 Å². The molecule has 0 aliphatic heterocycles. The fourth-order valence-electron chi connectivity index (χ4n) is 3.93. The molecule has 0 saturated heterocycles. The molecule has 0 bridgehead atoms. The van der Waals surface area contributed by atoms with Crippen LogP contribution in [0.4, 0.5) is 17.6 Å². The van der Waals surface area contributed by atoms with Crippen molar-refractivity contribution in [2.75, 3.05) is 0 Å². The number of rotatable bonds is 6. The standard InChI is InChI=1S/C24H15Cl2F4N5O/c25-14-3-12-1-11(2-19(28)21(12)32-7-14)9-35-10-16(22(34-35)23(29)30)24(36)33-6-13-4-15-17(26)8-31-20(15)5-18(13)27/h1-5,7-8,10,23,31H,6,9H2,(H,33,36). The van der Waals surface area contributed by atoms with Crippen molar-refractivity contribution in [2.24, 2.45) is 0 Å². The van der Waals surface area contributed by atoms with E-state index in [1.807, 2.05) is 0 Å². The van der Waals surface area contributed by atoms with Gasteiger partial charge in [0.05, 0.1) is 22.2 Å². The van der Waals surface area contributed by atoms with Crippen molar-refractivity contribution in [1.29, 1.82) is 0 Å². The fourth-order valence-corrected chi connectivity index (χ4v) is 4.31. The Morgan fingerprint density at radius 1 is 1.11 bits per heavy atom. The zero-order valence-corrected chi connectivity index (χ0v) is 19.6. The second-order valence-corrected chi connectivity index (χ2v) is 8.88. The van der Waals surface area contributed by atoms with E-state index in [0.717, 1.165) is 10.9 Å². The predicted octanol–water partition coefficient (Wildman–Crippen LogP) is 6.41. The van der Waals surface area contributed by atoms with E-state index in [9.17, 15) is 22.4 Å². The number of carbonyl (C=O) groups excluding carboxylic acids is 1. The molecule has 0 unspecified atom stereocenters. The summed E-state index contributed by atoms with van der Waals surface area (Å²) in [7, 11) is 0. The van der Waals surface area contributed by atoms with Crippen molar-refractivity contribution < 1.29 is 22.4 Å². The molecule has 0 spiro atoms. The number of carbonyl (C=O) groups is 1. The number of pyridine rings is 1. The summed E-state index contributed by atoms with van der Waals surface area (Å²) in [4.78, 5) is 19.5. The van der Waals surface area contributed by atoms with Crippen LogP contribution in [0.25, 0.3) is 21.8 Å². The van der Waals surface area contributed by atoms with Crippen LogP contribution in [-0.4, -0.2) is 25.7 Å². The molecule has 184 valence electrons. The Morgan fingerprint density at radius 3 is 2.69 bits per heavy atom. The van der Waals surface area contributed by atoms with E-state index in [-0.39, 0.29) is 29.7 Å². The lowest BCUT2D eigenvalue weighted by atomic mass is 10.1. The molecule has 0 atom stereocenters. The van der Waals surface area contributed by atoms with E-state index in [0.29, 0.717) is 31.9 Å². The number of benzene rings is 2. The number of aromatic nitrogens is 4. The Bertz CT molecular complexity index is 1630. The number of hydrogen-bond donors (Lipinski definition) is 2. The van der Waals surface area contributed by atoms with Crippen molar-refractivity contribution in [3.8, 4) is 0 Å². The first-order valence-electron chi connectivity index (χ1n) is 10.5. The molecule has 2 aromatic carbocycles. The minimum atomic E-state index is -3.05. The number of nitrogens with zero attached hydrogens (tertiary/aromatic N) is 3. The van der Waals surface area contributed by atoms with Gasteiger partial charge < -0.3 is 10.3 Å². The number of hydrogen-bond acceptors (Lipinski definition) is 3. The van der Waals surface area contributed by atoms with E-state index in [1.165, 1.54) is 36.7 Å². The second-order valence-electron chi connectivity index (χ2n) is 8.04. The van der Waals surface area contributed by atoms with Crippen LogP contribution in [-0.2, 0) is 13.1 Å². The van der Waals surface area contributed by atoms with E-state index in [4.69, 9.17) is 23.2 Å². The van der Waals surface area contributed by atoms with Gasteiger partial charge in [0.25, 0.3) is 12.3 Å². The highest BCUT2D eigenvalue weighted by Gasteiger charge is 2.24. The molecule has 1 amide bonds. The van der Waals surface area contributed by atoms with Gasteiger partial charge in [-0.15, -0.1) is 0 Å². The third-order valence-corrected chi connectivity index (χ3v) is 6.11. The number of H-pyrrole nitrogens is 1. The van der Waals surface area contributed by atoms with Gasteiger partial charge in [0, 0.05) is 47.0 Å². The Kier molecular flexibility index (Phi) is 6.31. The van der Waals surface area contributed by atoms with Gasteiger partial charge in [0.1, 0.15) is 22.8 Å². The minimum absolute atomic E-state index is 0.0936. The Morgan fingerprint density at radius 2 is 1.92 bits per heavy atom. The van der Waals surface area contributed by atoms with Crippen LogP contribution in [0.5, 0.6) is 0 Å².